The van der Waals surface area contributed by atoms with E-state index in [1.807, 2.05) is 37.1 Å². The Kier molecular flexibility index (Phi) is 7.23. The highest BCUT2D eigenvalue weighted by Gasteiger charge is 2.17. The van der Waals surface area contributed by atoms with Crippen LogP contribution in [0.5, 0.6) is 0 Å². The van der Waals surface area contributed by atoms with Crippen molar-refractivity contribution in [1.29, 1.82) is 0 Å². The molecule has 6 nitrogen and oxygen atoms in total. The number of hydrogen-bond donors (Lipinski definition) is 2. The van der Waals surface area contributed by atoms with Crippen LogP contribution in [0.2, 0.25) is 5.02 Å². The molecule has 0 aliphatic carbocycles. The zero-order chi connectivity index (χ0) is 25.3. The molecule has 35 heavy (non-hydrogen) atoms. The van der Waals surface area contributed by atoms with Gasteiger partial charge in [-0.2, -0.15) is 10.2 Å². The van der Waals surface area contributed by atoms with Crippen LogP contribution in [0, 0.1) is 40.4 Å². The number of aromatic nitrogens is 4. The molecule has 0 bridgehead atoms. The maximum Gasteiger partial charge on any atom is 0.175 e. The van der Waals surface area contributed by atoms with Crippen LogP contribution in [-0.2, 0) is 13.1 Å². The molecule has 0 spiro atoms. The first-order chi connectivity index (χ1) is 16.6. The fourth-order valence-corrected chi connectivity index (χ4v) is 4.43. The molecule has 0 atom stereocenters. The summed E-state index contributed by atoms with van der Waals surface area (Å²) in [7, 11) is 0. The number of nitrogens with one attached hydrogen (secondary N) is 2. The zero-order valence-electron chi connectivity index (χ0n) is 20.4. The van der Waals surface area contributed by atoms with E-state index in [-0.39, 0.29) is 5.82 Å². The van der Waals surface area contributed by atoms with Crippen LogP contribution in [-0.4, -0.2) is 24.7 Å². The Morgan fingerprint density at radius 3 is 1.94 bits per heavy atom. The summed E-state index contributed by atoms with van der Waals surface area (Å²) in [5.74, 6) is -0.362. The molecular weight excluding hydrogens is 483 g/mol. The van der Waals surface area contributed by atoms with E-state index in [2.05, 4.69) is 46.9 Å². The lowest BCUT2D eigenvalue weighted by Crippen LogP contribution is -2.21. The average Bonchev–Trinajstić information content (AvgIpc) is 3.21. The largest absolute Gasteiger partial charge is 0.329 e. The minimum atomic E-state index is -0.362. The summed E-state index contributed by atoms with van der Waals surface area (Å²) in [5, 5.41) is 16.7. The van der Waals surface area contributed by atoms with Crippen molar-refractivity contribution in [3.63, 3.8) is 0 Å². The van der Waals surface area contributed by atoms with Gasteiger partial charge in [-0.1, -0.05) is 47.5 Å². The van der Waals surface area contributed by atoms with Gasteiger partial charge in [-0.3, -0.25) is 9.36 Å². The second-order valence-electron chi connectivity index (χ2n) is 8.71. The van der Waals surface area contributed by atoms with Crippen LogP contribution in [0.3, 0.4) is 0 Å². The Hall–Kier alpha value is -3.23. The van der Waals surface area contributed by atoms with Gasteiger partial charge < -0.3 is 10.6 Å². The molecule has 0 radical (unpaired) electrons. The van der Waals surface area contributed by atoms with Crippen LogP contribution in [0.4, 0.5) is 15.8 Å². The Labute approximate surface area is 215 Å². The van der Waals surface area contributed by atoms with Crippen LogP contribution in [0.25, 0.3) is 0 Å². The molecule has 182 valence electrons. The van der Waals surface area contributed by atoms with Gasteiger partial charge in [-0.25, -0.2) is 4.39 Å². The van der Waals surface area contributed by atoms with Crippen molar-refractivity contribution in [2.24, 2.45) is 0 Å². The highest BCUT2D eigenvalue weighted by molar-refractivity contribution is 7.80. The number of rotatable bonds is 6. The lowest BCUT2D eigenvalue weighted by atomic mass is 10.1. The summed E-state index contributed by atoms with van der Waals surface area (Å²) < 4.78 is 17.2. The summed E-state index contributed by atoms with van der Waals surface area (Å²) in [6, 6.07) is 12.8. The average molecular weight is 511 g/mol. The van der Waals surface area contributed by atoms with E-state index in [0.717, 1.165) is 39.7 Å². The van der Waals surface area contributed by atoms with E-state index in [1.54, 1.807) is 6.07 Å². The number of aryl methyl sites for hydroxylation is 3. The van der Waals surface area contributed by atoms with Gasteiger partial charge in [0, 0.05) is 5.02 Å². The topological polar surface area (TPSA) is 59.7 Å². The molecule has 0 fully saturated rings. The number of nitrogens with zero attached hydrogens (tertiary/aromatic N) is 4. The number of anilines is 2. The summed E-state index contributed by atoms with van der Waals surface area (Å²) in [4.78, 5) is 0. The summed E-state index contributed by atoms with van der Waals surface area (Å²) in [5.41, 5.74) is 8.49. The van der Waals surface area contributed by atoms with Gasteiger partial charge in [0.1, 0.15) is 5.82 Å². The fourth-order valence-electron chi connectivity index (χ4n) is 4.00. The Morgan fingerprint density at radius 1 is 0.857 bits per heavy atom. The van der Waals surface area contributed by atoms with Crippen molar-refractivity contribution >= 4 is 40.3 Å². The van der Waals surface area contributed by atoms with Crippen LogP contribution in [0.1, 0.15) is 39.5 Å². The predicted octanol–water partition coefficient (Wildman–Crippen LogP) is 6.32. The lowest BCUT2D eigenvalue weighted by molar-refractivity contribution is 0.622. The molecule has 0 unspecified atom stereocenters. The van der Waals surface area contributed by atoms with Gasteiger partial charge in [0.25, 0.3) is 0 Å². The number of halogens is 2. The molecule has 0 amide bonds. The minimum Gasteiger partial charge on any atom is -0.329 e. The number of thiocarbonyl (C=S) groups is 1. The van der Waals surface area contributed by atoms with Crippen molar-refractivity contribution in [1.82, 2.24) is 19.6 Å². The summed E-state index contributed by atoms with van der Waals surface area (Å²) >= 11 is 11.8. The van der Waals surface area contributed by atoms with Gasteiger partial charge in [-0.15, -0.1) is 0 Å². The molecule has 0 aliphatic heterocycles. The third-order valence-electron chi connectivity index (χ3n) is 6.03. The molecule has 0 aliphatic rings. The maximum absolute atomic E-state index is 13.4. The molecule has 2 aromatic heterocycles. The van der Waals surface area contributed by atoms with E-state index >= 15 is 0 Å². The van der Waals surface area contributed by atoms with Crippen molar-refractivity contribution in [3.05, 3.63) is 92.8 Å². The van der Waals surface area contributed by atoms with Gasteiger partial charge in [0.2, 0.25) is 0 Å². The van der Waals surface area contributed by atoms with Crippen LogP contribution < -0.4 is 10.6 Å². The van der Waals surface area contributed by atoms with Crippen LogP contribution >= 0.6 is 23.8 Å². The van der Waals surface area contributed by atoms with Crippen molar-refractivity contribution in [3.8, 4) is 0 Å². The summed E-state index contributed by atoms with van der Waals surface area (Å²) in [6.07, 6.45) is 0. The minimum absolute atomic E-state index is 0.362. The second kappa shape index (κ2) is 10.2. The Balaban J connectivity index is 1.48. The SMILES string of the molecule is Cc1ccc(Cn2nc(C)c(NC(=S)Nc3c(C)nn(Cc4ccc(F)cc4Cl)c3C)c2C)cc1. The van der Waals surface area contributed by atoms with E-state index in [4.69, 9.17) is 28.9 Å². The predicted molar refractivity (Wildman–Crippen MR) is 144 cm³/mol. The highest BCUT2D eigenvalue weighted by atomic mass is 35.5. The third-order valence-corrected chi connectivity index (χ3v) is 6.58. The van der Waals surface area contributed by atoms with Crippen LogP contribution in [0.15, 0.2) is 42.5 Å². The molecule has 4 aromatic rings. The zero-order valence-corrected chi connectivity index (χ0v) is 22.0. The second-order valence-corrected chi connectivity index (χ2v) is 9.52. The van der Waals surface area contributed by atoms with Crippen molar-refractivity contribution < 1.29 is 4.39 Å². The molecular formula is C26H28ClFN6S. The Bertz CT molecular complexity index is 1390. The standard InChI is InChI=1S/C26H28ClFN6S/c1-15-6-8-20(9-7-15)13-33-18(4)24(16(2)31-33)29-26(35)30-25-17(3)32-34(19(25)5)14-21-10-11-22(28)12-23(21)27/h6-12H,13-14H2,1-5H3,(H2,29,30,35). The Morgan fingerprint density at radius 2 is 1.40 bits per heavy atom. The van der Waals surface area contributed by atoms with Crippen molar-refractivity contribution in [2.45, 2.75) is 47.7 Å². The molecule has 2 heterocycles. The number of hydrogen-bond acceptors (Lipinski definition) is 3. The highest BCUT2D eigenvalue weighted by Crippen LogP contribution is 2.25. The fraction of sp³-hybridized carbons (Fsp3) is 0.269. The first-order valence-corrected chi connectivity index (χ1v) is 12.1. The van der Waals surface area contributed by atoms with Gasteiger partial charge in [-0.05, 0) is 70.1 Å². The number of benzene rings is 2. The van der Waals surface area contributed by atoms with E-state index < -0.39 is 0 Å². The molecule has 0 saturated heterocycles. The molecule has 0 saturated carbocycles. The first kappa shape index (κ1) is 24.9. The normalized spacial score (nSPS) is 11.1. The van der Waals surface area contributed by atoms with E-state index in [1.165, 1.54) is 23.3 Å². The maximum atomic E-state index is 13.4. The third kappa shape index (κ3) is 5.55. The molecule has 2 aromatic carbocycles. The molecule has 4 rings (SSSR count). The van der Waals surface area contributed by atoms with Gasteiger partial charge in [0.05, 0.1) is 47.2 Å². The summed E-state index contributed by atoms with van der Waals surface area (Å²) in [6.45, 7) is 11.1. The molecule has 9 heteroatoms. The first-order valence-electron chi connectivity index (χ1n) is 11.3. The van der Waals surface area contributed by atoms with E-state index in [0.29, 0.717) is 23.2 Å². The lowest BCUT2D eigenvalue weighted by Gasteiger charge is -2.12. The quantitative estimate of drug-likeness (QED) is 0.297. The monoisotopic (exact) mass is 510 g/mol. The van der Waals surface area contributed by atoms with Gasteiger partial charge in [0.15, 0.2) is 5.11 Å². The van der Waals surface area contributed by atoms with Crippen molar-refractivity contribution in [2.75, 3.05) is 10.6 Å². The van der Waals surface area contributed by atoms with E-state index in [9.17, 15) is 4.39 Å². The molecule has 2 N–H and O–H groups in total. The van der Waals surface area contributed by atoms with Gasteiger partial charge >= 0.3 is 0 Å². The smallest absolute Gasteiger partial charge is 0.175 e.